The predicted octanol–water partition coefficient (Wildman–Crippen LogP) is 2.28. The molecule has 0 radical (unpaired) electrons. The second-order valence-electron chi connectivity index (χ2n) is 4.79. The van der Waals surface area contributed by atoms with Crippen LogP contribution >= 0.6 is 27.3 Å². The average Bonchev–Trinajstić information content (AvgIpc) is 2.84. The molecule has 1 fully saturated rings. The molecule has 18 heavy (non-hydrogen) atoms. The Hall–Kier alpha value is 0.0500. The number of halogens is 1. The van der Waals surface area contributed by atoms with Crippen molar-refractivity contribution in [1.29, 1.82) is 0 Å². The van der Waals surface area contributed by atoms with E-state index in [0.717, 1.165) is 0 Å². The fourth-order valence-corrected chi connectivity index (χ4v) is 6.20. The molecule has 102 valence electrons. The highest BCUT2D eigenvalue weighted by molar-refractivity contribution is 9.11. The van der Waals surface area contributed by atoms with Crippen LogP contribution in [0.1, 0.15) is 18.7 Å². The molecule has 2 unspecified atom stereocenters. The van der Waals surface area contributed by atoms with E-state index >= 15 is 0 Å². The van der Waals surface area contributed by atoms with Gasteiger partial charge in [-0.25, -0.2) is 8.42 Å². The van der Waals surface area contributed by atoms with Crippen molar-refractivity contribution in [3.63, 3.8) is 0 Å². The van der Waals surface area contributed by atoms with Gasteiger partial charge < -0.3 is 5.11 Å². The molecule has 1 aromatic heterocycles. The van der Waals surface area contributed by atoms with Gasteiger partial charge in [-0.05, 0) is 33.8 Å². The molecule has 0 saturated carbocycles. The predicted molar refractivity (Wildman–Crippen MR) is 75.0 cm³/mol. The van der Waals surface area contributed by atoms with Gasteiger partial charge in [0.2, 0.25) is 10.0 Å². The third-order valence-electron chi connectivity index (χ3n) is 3.43. The quantitative estimate of drug-likeness (QED) is 0.906. The number of sulfonamides is 1. The van der Waals surface area contributed by atoms with Crippen LogP contribution in [-0.4, -0.2) is 30.9 Å². The molecule has 0 spiro atoms. The van der Waals surface area contributed by atoms with Crippen molar-refractivity contribution in [3.8, 4) is 0 Å². The van der Waals surface area contributed by atoms with Crippen LogP contribution in [0, 0.1) is 11.8 Å². The van der Waals surface area contributed by atoms with Gasteiger partial charge in [0.1, 0.15) is 4.90 Å². The second kappa shape index (κ2) is 5.20. The lowest BCUT2D eigenvalue weighted by molar-refractivity contribution is 0.285. The van der Waals surface area contributed by atoms with E-state index in [9.17, 15) is 8.42 Å². The summed E-state index contributed by atoms with van der Waals surface area (Å²) in [7, 11) is -3.44. The van der Waals surface area contributed by atoms with Gasteiger partial charge in [0, 0.05) is 18.0 Å². The first kappa shape index (κ1) is 14.5. The molecule has 1 aliphatic rings. The third-order valence-corrected chi connectivity index (χ3v) is 7.50. The Kier molecular flexibility index (Phi) is 4.18. The van der Waals surface area contributed by atoms with Crippen LogP contribution in [-0.2, 0) is 16.6 Å². The minimum atomic E-state index is -3.44. The number of aliphatic hydroxyl groups is 1. The Morgan fingerprint density at radius 3 is 2.44 bits per heavy atom. The van der Waals surface area contributed by atoms with E-state index in [1.54, 1.807) is 6.07 Å². The molecule has 1 N–H and O–H groups in total. The smallest absolute Gasteiger partial charge is 0.245 e. The van der Waals surface area contributed by atoms with Gasteiger partial charge in [-0.2, -0.15) is 4.31 Å². The zero-order chi connectivity index (χ0) is 13.5. The van der Waals surface area contributed by atoms with Crippen LogP contribution in [0.2, 0.25) is 0 Å². The topological polar surface area (TPSA) is 57.6 Å². The fourth-order valence-electron chi connectivity index (χ4n) is 2.06. The molecule has 1 saturated heterocycles. The van der Waals surface area contributed by atoms with Crippen molar-refractivity contribution in [2.24, 2.45) is 11.8 Å². The molecule has 4 nitrogen and oxygen atoms in total. The van der Waals surface area contributed by atoms with Crippen LogP contribution in [0.25, 0.3) is 0 Å². The van der Waals surface area contributed by atoms with Crippen LogP contribution in [0.5, 0.6) is 0 Å². The fraction of sp³-hybridized carbons (Fsp3) is 0.636. The molecule has 1 aromatic rings. The van der Waals surface area contributed by atoms with Crippen LogP contribution in [0.3, 0.4) is 0 Å². The van der Waals surface area contributed by atoms with E-state index < -0.39 is 10.0 Å². The highest BCUT2D eigenvalue weighted by Gasteiger charge is 2.36. The SMILES string of the molecule is CC1CN(S(=O)(=O)c2cc(CO)sc2Br)CC1C. The van der Waals surface area contributed by atoms with Gasteiger partial charge in [0.05, 0.1) is 10.4 Å². The first-order chi connectivity index (χ1) is 8.36. The lowest BCUT2D eigenvalue weighted by atomic mass is 10.0. The van der Waals surface area contributed by atoms with Crippen molar-refractivity contribution in [1.82, 2.24) is 4.31 Å². The molecule has 2 heterocycles. The van der Waals surface area contributed by atoms with Crippen molar-refractivity contribution < 1.29 is 13.5 Å². The van der Waals surface area contributed by atoms with E-state index in [4.69, 9.17) is 5.11 Å². The average molecular weight is 354 g/mol. The Morgan fingerprint density at radius 1 is 1.44 bits per heavy atom. The second-order valence-corrected chi connectivity index (χ2v) is 9.15. The Bertz CT molecular complexity index is 530. The summed E-state index contributed by atoms with van der Waals surface area (Å²) in [5.74, 6) is 0.768. The van der Waals surface area contributed by atoms with Gasteiger partial charge in [0.25, 0.3) is 0 Å². The normalized spacial score (nSPS) is 25.8. The van der Waals surface area contributed by atoms with E-state index in [0.29, 0.717) is 33.6 Å². The molecule has 2 atom stereocenters. The summed E-state index contributed by atoms with van der Waals surface area (Å²) in [4.78, 5) is 0.929. The van der Waals surface area contributed by atoms with Gasteiger partial charge in [-0.15, -0.1) is 11.3 Å². The molecule has 0 amide bonds. The zero-order valence-electron chi connectivity index (χ0n) is 10.3. The number of aliphatic hydroxyl groups excluding tert-OH is 1. The van der Waals surface area contributed by atoms with Crippen LogP contribution < -0.4 is 0 Å². The lowest BCUT2D eigenvalue weighted by Crippen LogP contribution is -2.29. The third kappa shape index (κ3) is 2.51. The standard InChI is InChI=1S/C11H16BrNO3S2/c1-7-4-13(5-8(7)2)18(15,16)10-3-9(6-14)17-11(10)12/h3,7-8,14H,4-6H2,1-2H3. The molecular formula is C11H16BrNO3S2. The molecule has 2 rings (SSSR count). The van der Waals surface area contributed by atoms with E-state index in [1.807, 2.05) is 0 Å². The molecule has 0 bridgehead atoms. The first-order valence-electron chi connectivity index (χ1n) is 5.75. The largest absolute Gasteiger partial charge is 0.391 e. The molecule has 0 aromatic carbocycles. The van der Waals surface area contributed by atoms with Gasteiger partial charge in [-0.1, -0.05) is 13.8 Å². The summed E-state index contributed by atoms with van der Waals surface area (Å²) in [6, 6.07) is 1.55. The summed E-state index contributed by atoms with van der Waals surface area (Å²) in [5, 5.41) is 9.07. The van der Waals surface area contributed by atoms with E-state index in [2.05, 4.69) is 29.8 Å². The Labute approximate surface area is 120 Å². The lowest BCUT2D eigenvalue weighted by Gasteiger charge is -2.15. The van der Waals surface area contributed by atoms with Crippen LogP contribution in [0.15, 0.2) is 14.7 Å². The summed E-state index contributed by atoms with van der Waals surface area (Å²) < 4.78 is 27.1. The minimum Gasteiger partial charge on any atom is -0.391 e. The summed E-state index contributed by atoms with van der Waals surface area (Å²) >= 11 is 4.54. The van der Waals surface area contributed by atoms with E-state index in [-0.39, 0.29) is 11.5 Å². The molecular weight excluding hydrogens is 338 g/mol. The summed E-state index contributed by atoms with van der Waals surface area (Å²) in [6.07, 6.45) is 0. The maximum absolute atomic E-state index is 12.5. The van der Waals surface area contributed by atoms with Gasteiger partial charge >= 0.3 is 0 Å². The van der Waals surface area contributed by atoms with Crippen molar-refractivity contribution in [2.75, 3.05) is 13.1 Å². The Balaban J connectivity index is 2.34. The van der Waals surface area contributed by atoms with E-state index in [1.165, 1.54) is 15.6 Å². The highest BCUT2D eigenvalue weighted by atomic mass is 79.9. The maximum atomic E-state index is 12.5. The summed E-state index contributed by atoms with van der Waals surface area (Å²) in [5.41, 5.74) is 0. The molecule has 1 aliphatic heterocycles. The summed E-state index contributed by atoms with van der Waals surface area (Å²) in [6.45, 7) is 5.15. The van der Waals surface area contributed by atoms with Crippen molar-refractivity contribution >= 4 is 37.3 Å². The van der Waals surface area contributed by atoms with Gasteiger partial charge in [-0.3, -0.25) is 0 Å². The minimum absolute atomic E-state index is 0.133. The Morgan fingerprint density at radius 2 is 2.00 bits per heavy atom. The van der Waals surface area contributed by atoms with Crippen LogP contribution in [0.4, 0.5) is 0 Å². The first-order valence-corrected chi connectivity index (χ1v) is 8.80. The zero-order valence-corrected chi connectivity index (χ0v) is 13.5. The van der Waals surface area contributed by atoms with Crippen molar-refractivity contribution in [3.05, 3.63) is 14.7 Å². The maximum Gasteiger partial charge on any atom is 0.245 e. The van der Waals surface area contributed by atoms with Gasteiger partial charge in [0.15, 0.2) is 0 Å². The number of nitrogens with zero attached hydrogens (tertiary/aromatic N) is 1. The molecule has 0 aliphatic carbocycles. The van der Waals surface area contributed by atoms with Crippen molar-refractivity contribution in [2.45, 2.75) is 25.3 Å². The molecule has 7 heteroatoms. The number of hydrogen-bond acceptors (Lipinski definition) is 4. The number of thiophene rings is 1. The monoisotopic (exact) mass is 353 g/mol. The number of rotatable bonds is 3. The number of hydrogen-bond donors (Lipinski definition) is 1. The highest BCUT2D eigenvalue weighted by Crippen LogP contribution is 2.36.